The van der Waals surface area contributed by atoms with Crippen molar-refractivity contribution in [2.24, 2.45) is 7.05 Å². The van der Waals surface area contributed by atoms with Crippen LogP contribution in [0.4, 0.5) is 10.1 Å². The Balaban J connectivity index is 1.61. The topological polar surface area (TPSA) is 74.0 Å². The Kier molecular flexibility index (Phi) is 4.47. The van der Waals surface area contributed by atoms with Crippen LogP contribution in [0.5, 0.6) is 0 Å². The van der Waals surface area contributed by atoms with Gasteiger partial charge in [0.1, 0.15) is 17.4 Å². The van der Waals surface area contributed by atoms with Gasteiger partial charge in [0.05, 0.1) is 17.4 Å². The zero-order valence-corrected chi connectivity index (χ0v) is 13.4. The molecule has 1 fully saturated rings. The number of carbonyl (C=O) groups excluding carboxylic acids is 1. The van der Waals surface area contributed by atoms with Crippen molar-refractivity contribution >= 4 is 11.6 Å². The van der Waals surface area contributed by atoms with Crippen LogP contribution in [0.2, 0.25) is 0 Å². The minimum absolute atomic E-state index is 0.0630. The average molecular weight is 327 g/mol. The number of piperidine rings is 1. The second-order valence-corrected chi connectivity index (χ2v) is 5.88. The molecular formula is C17H18FN5O. The maximum absolute atomic E-state index is 13.7. The van der Waals surface area contributed by atoms with Gasteiger partial charge in [-0.05, 0) is 25.0 Å². The van der Waals surface area contributed by atoms with E-state index in [0.29, 0.717) is 24.3 Å². The van der Waals surface area contributed by atoms with Crippen LogP contribution in [-0.2, 0) is 7.05 Å². The molecule has 1 aliphatic rings. The first kappa shape index (κ1) is 16.0. The third-order valence-corrected chi connectivity index (χ3v) is 4.24. The number of rotatable bonds is 3. The number of anilines is 1. The van der Waals surface area contributed by atoms with Gasteiger partial charge < -0.3 is 10.2 Å². The SMILES string of the molecule is Cn1cc(C(=O)NC2CCN(c3cccc(F)c3C#N)CC2)cn1. The van der Waals surface area contributed by atoms with Crippen molar-refractivity contribution < 1.29 is 9.18 Å². The normalized spacial score (nSPS) is 15.1. The Morgan fingerprint density at radius 1 is 1.42 bits per heavy atom. The molecule has 1 amide bonds. The van der Waals surface area contributed by atoms with Gasteiger partial charge in [-0.2, -0.15) is 10.4 Å². The summed E-state index contributed by atoms with van der Waals surface area (Å²) in [6.07, 6.45) is 4.70. The Hall–Kier alpha value is -2.88. The second-order valence-electron chi connectivity index (χ2n) is 5.88. The molecule has 2 aromatic rings. The second kappa shape index (κ2) is 6.71. The van der Waals surface area contributed by atoms with E-state index in [4.69, 9.17) is 5.26 Å². The lowest BCUT2D eigenvalue weighted by molar-refractivity contribution is 0.0931. The van der Waals surface area contributed by atoms with Gasteiger partial charge in [-0.15, -0.1) is 0 Å². The number of aromatic nitrogens is 2. The van der Waals surface area contributed by atoms with Gasteiger partial charge in [0, 0.05) is 32.4 Å². The number of nitrogens with zero attached hydrogens (tertiary/aromatic N) is 4. The highest BCUT2D eigenvalue weighted by Crippen LogP contribution is 2.25. The number of hydrogen-bond donors (Lipinski definition) is 1. The smallest absolute Gasteiger partial charge is 0.254 e. The van der Waals surface area contributed by atoms with Crippen LogP contribution in [0.15, 0.2) is 30.6 Å². The molecule has 24 heavy (non-hydrogen) atoms. The van der Waals surface area contributed by atoms with Gasteiger partial charge in [0.2, 0.25) is 0 Å². The fourth-order valence-electron chi connectivity index (χ4n) is 2.96. The molecular weight excluding hydrogens is 309 g/mol. The van der Waals surface area contributed by atoms with Crippen LogP contribution in [0.1, 0.15) is 28.8 Å². The summed E-state index contributed by atoms with van der Waals surface area (Å²) in [6, 6.07) is 6.66. The van der Waals surface area contributed by atoms with Gasteiger partial charge >= 0.3 is 0 Å². The van der Waals surface area contributed by atoms with E-state index >= 15 is 0 Å². The molecule has 0 spiro atoms. The molecule has 1 aromatic carbocycles. The summed E-state index contributed by atoms with van der Waals surface area (Å²) in [6.45, 7) is 1.33. The first-order valence-corrected chi connectivity index (χ1v) is 7.81. The summed E-state index contributed by atoms with van der Waals surface area (Å²) in [7, 11) is 1.76. The van der Waals surface area contributed by atoms with Crippen LogP contribution in [0, 0.1) is 17.1 Å². The van der Waals surface area contributed by atoms with Crippen LogP contribution in [0.3, 0.4) is 0 Å². The molecule has 0 radical (unpaired) electrons. The lowest BCUT2D eigenvalue weighted by Crippen LogP contribution is -2.44. The minimum Gasteiger partial charge on any atom is -0.370 e. The molecule has 0 atom stereocenters. The molecule has 6 nitrogen and oxygen atoms in total. The van der Waals surface area contributed by atoms with E-state index < -0.39 is 5.82 Å². The molecule has 2 heterocycles. The van der Waals surface area contributed by atoms with E-state index in [1.54, 1.807) is 30.1 Å². The highest BCUT2D eigenvalue weighted by Gasteiger charge is 2.24. The van der Waals surface area contributed by atoms with Crippen molar-refractivity contribution in [1.82, 2.24) is 15.1 Å². The van der Waals surface area contributed by atoms with Gasteiger partial charge in [-0.3, -0.25) is 9.48 Å². The number of nitriles is 1. The van der Waals surface area contributed by atoms with Crippen molar-refractivity contribution in [1.29, 1.82) is 5.26 Å². The Labute approximate surface area is 139 Å². The van der Waals surface area contributed by atoms with Crippen molar-refractivity contribution in [2.45, 2.75) is 18.9 Å². The molecule has 7 heteroatoms. The standard InChI is InChI=1S/C17H18FN5O/c1-22-11-12(10-20-22)17(24)21-13-5-7-23(8-6-13)16-4-2-3-15(18)14(16)9-19/h2-4,10-11,13H,5-8H2,1H3,(H,21,24). The van der Waals surface area contributed by atoms with Gasteiger partial charge in [0.15, 0.2) is 0 Å². The zero-order chi connectivity index (χ0) is 17.1. The Morgan fingerprint density at radius 2 is 2.17 bits per heavy atom. The summed E-state index contributed by atoms with van der Waals surface area (Å²) in [4.78, 5) is 14.1. The van der Waals surface area contributed by atoms with Crippen LogP contribution in [0.25, 0.3) is 0 Å². The number of carbonyl (C=O) groups is 1. The Morgan fingerprint density at radius 3 is 2.79 bits per heavy atom. The number of hydrogen-bond acceptors (Lipinski definition) is 4. The van der Waals surface area contributed by atoms with E-state index in [2.05, 4.69) is 10.4 Å². The third kappa shape index (κ3) is 3.23. The van der Waals surface area contributed by atoms with Crippen molar-refractivity contribution in [3.05, 3.63) is 47.5 Å². The van der Waals surface area contributed by atoms with E-state index in [9.17, 15) is 9.18 Å². The quantitative estimate of drug-likeness (QED) is 0.933. The zero-order valence-electron chi connectivity index (χ0n) is 13.4. The number of aryl methyl sites for hydroxylation is 1. The molecule has 1 aliphatic heterocycles. The van der Waals surface area contributed by atoms with Crippen molar-refractivity contribution in [3.8, 4) is 6.07 Å². The lowest BCUT2D eigenvalue weighted by Gasteiger charge is -2.34. The van der Waals surface area contributed by atoms with Gasteiger partial charge in [-0.25, -0.2) is 4.39 Å². The Bertz CT molecular complexity index is 787. The molecule has 1 aromatic heterocycles. The summed E-state index contributed by atoms with van der Waals surface area (Å²) < 4.78 is 15.3. The van der Waals surface area contributed by atoms with E-state index in [0.717, 1.165) is 12.8 Å². The summed E-state index contributed by atoms with van der Waals surface area (Å²) in [5.74, 6) is -0.632. The highest BCUT2D eigenvalue weighted by molar-refractivity contribution is 5.93. The maximum atomic E-state index is 13.7. The van der Waals surface area contributed by atoms with E-state index in [-0.39, 0.29) is 17.5 Å². The van der Waals surface area contributed by atoms with Crippen LogP contribution in [-0.4, -0.2) is 34.8 Å². The molecule has 0 aliphatic carbocycles. The maximum Gasteiger partial charge on any atom is 0.254 e. The van der Waals surface area contributed by atoms with Gasteiger partial charge in [0.25, 0.3) is 5.91 Å². The first-order valence-electron chi connectivity index (χ1n) is 7.81. The van der Waals surface area contributed by atoms with E-state index in [1.165, 1.54) is 12.3 Å². The predicted octanol–water partition coefficient (Wildman–Crippen LogP) is 1.83. The lowest BCUT2D eigenvalue weighted by atomic mass is 10.0. The molecule has 0 bridgehead atoms. The van der Waals surface area contributed by atoms with Gasteiger partial charge in [-0.1, -0.05) is 6.07 Å². The monoisotopic (exact) mass is 327 g/mol. The predicted molar refractivity (Wildman–Crippen MR) is 87.0 cm³/mol. The molecule has 1 saturated heterocycles. The number of amides is 1. The molecule has 0 unspecified atom stereocenters. The van der Waals surface area contributed by atoms with Crippen molar-refractivity contribution in [3.63, 3.8) is 0 Å². The third-order valence-electron chi connectivity index (χ3n) is 4.24. The summed E-state index contributed by atoms with van der Waals surface area (Å²) >= 11 is 0. The fraction of sp³-hybridized carbons (Fsp3) is 0.353. The number of benzene rings is 1. The number of halogens is 1. The van der Waals surface area contributed by atoms with E-state index in [1.807, 2.05) is 11.0 Å². The average Bonchev–Trinajstić information content (AvgIpc) is 3.02. The highest BCUT2D eigenvalue weighted by atomic mass is 19.1. The van der Waals surface area contributed by atoms with Crippen LogP contribution >= 0.6 is 0 Å². The van der Waals surface area contributed by atoms with Crippen LogP contribution < -0.4 is 10.2 Å². The largest absolute Gasteiger partial charge is 0.370 e. The number of nitrogens with one attached hydrogen (secondary N) is 1. The summed E-state index contributed by atoms with van der Waals surface area (Å²) in [5, 5.41) is 16.1. The fourth-order valence-corrected chi connectivity index (χ4v) is 2.96. The first-order chi connectivity index (χ1) is 11.6. The van der Waals surface area contributed by atoms with Crippen molar-refractivity contribution in [2.75, 3.05) is 18.0 Å². The molecule has 124 valence electrons. The minimum atomic E-state index is -0.498. The molecule has 3 rings (SSSR count). The molecule has 1 N–H and O–H groups in total. The molecule has 0 saturated carbocycles. The summed E-state index contributed by atoms with van der Waals surface area (Å²) in [5.41, 5.74) is 1.24.